The van der Waals surface area contributed by atoms with E-state index in [4.69, 9.17) is 10.4 Å². The van der Waals surface area contributed by atoms with Gasteiger partial charge < -0.3 is 5.11 Å². The number of carboxylic acid groups (broad SMARTS) is 1. The third-order valence-electron chi connectivity index (χ3n) is 1.34. The van der Waals surface area contributed by atoms with E-state index in [1.165, 1.54) is 18.3 Å². The van der Waals surface area contributed by atoms with E-state index in [0.717, 1.165) is 4.57 Å². The summed E-state index contributed by atoms with van der Waals surface area (Å²) in [5.74, 6) is -1.61. The summed E-state index contributed by atoms with van der Waals surface area (Å²) in [6, 6.07) is 4.42. The second-order valence-electron chi connectivity index (χ2n) is 2.09. The molecule has 4 nitrogen and oxygen atoms in total. The van der Waals surface area contributed by atoms with Gasteiger partial charge in [-0.15, -0.1) is 0 Å². The van der Waals surface area contributed by atoms with Gasteiger partial charge >= 0.3 is 5.97 Å². The van der Waals surface area contributed by atoms with Crippen LogP contribution in [-0.2, 0) is 4.79 Å². The number of hydrogen-bond donors (Lipinski definition) is 1. The summed E-state index contributed by atoms with van der Waals surface area (Å²) in [6.45, 7) is 0. The summed E-state index contributed by atoms with van der Waals surface area (Å²) in [4.78, 5) is 10.2. The van der Waals surface area contributed by atoms with E-state index in [-0.39, 0.29) is 5.69 Å². The van der Waals surface area contributed by atoms with Crippen molar-refractivity contribution in [1.82, 2.24) is 4.57 Å². The minimum Gasteiger partial charge on any atom is -0.478 e. The van der Waals surface area contributed by atoms with Crippen LogP contribution in [-0.4, -0.2) is 15.6 Å². The van der Waals surface area contributed by atoms with Crippen LogP contribution in [0, 0.1) is 11.3 Å². The van der Waals surface area contributed by atoms with Gasteiger partial charge in [-0.1, -0.05) is 0 Å². The molecule has 0 bridgehead atoms. The van der Waals surface area contributed by atoms with E-state index in [1.54, 1.807) is 6.07 Å². The van der Waals surface area contributed by atoms with Gasteiger partial charge in [0.05, 0.1) is 0 Å². The van der Waals surface area contributed by atoms with Crippen molar-refractivity contribution in [1.29, 1.82) is 5.26 Å². The zero-order valence-electron chi connectivity index (χ0n) is 5.94. The van der Waals surface area contributed by atoms with E-state index in [0.29, 0.717) is 0 Å². The Balaban J connectivity index is 3.03. The number of aliphatic carboxylic acids is 1. The van der Waals surface area contributed by atoms with Gasteiger partial charge in [-0.3, -0.25) is 4.57 Å². The van der Waals surface area contributed by atoms with E-state index in [9.17, 15) is 9.18 Å². The van der Waals surface area contributed by atoms with Gasteiger partial charge in [-0.25, -0.2) is 9.18 Å². The summed E-state index contributed by atoms with van der Waals surface area (Å²) in [7, 11) is 0. The van der Waals surface area contributed by atoms with Gasteiger partial charge in [-0.2, -0.15) is 5.26 Å². The Bertz CT molecular complexity index is 339. The summed E-state index contributed by atoms with van der Waals surface area (Å²) in [5, 5.41) is 16.7. The Labute approximate surface area is 67.5 Å². The highest BCUT2D eigenvalue weighted by Gasteiger charge is 2.19. The van der Waals surface area contributed by atoms with E-state index < -0.39 is 12.3 Å². The molecular weight excluding hydrogens is 163 g/mol. The minimum absolute atomic E-state index is 0.00935. The number of carbonyl (C=O) groups is 1. The highest BCUT2D eigenvalue weighted by molar-refractivity contribution is 5.70. The molecule has 0 amide bonds. The lowest BCUT2D eigenvalue weighted by atomic mass is 10.4. The standard InChI is InChI=1S/C7H5FN2O2/c8-6(7(11)12)10-3-1-2-5(10)4-9/h1-3,6H,(H,11,12). The molecule has 1 atom stereocenters. The quantitative estimate of drug-likeness (QED) is 0.713. The van der Waals surface area contributed by atoms with Crippen molar-refractivity contribution in [3.8, 4) is 6.07 Å². The zero-order valence-corrected chi connectivity index (χ0v) is 5.94. The maximum absolute atomic E-state index is 12.8. The van der Waals surface area contributed by atoms with Crippen molar-refractivity contribution in [2.45, 2.75) is 6.30 Å². The molecule has 0 aliphatic heterocycles. The maximum Gasteiger partial charge on any atom is 0.359 e. The lowest BCUT2D eigenvalue weighted by Gasteiger charge is -2.04. The van der Waals surface area contributed by atoms with Crippen LogP contribution in [0.25, 0.3) is 0 Å². The molecule has 0 saturated heterocycles. The lowest BCUT2D eigenvalue weighted by Crippen LogP contribution is -2.14. The molecule has 0 radical (unpaired) electrons. The molecule has 0 aliphatic rings. The maximum atomic E-state index is 12.8. The molecule has 0 aromatic carbocycles. The number of rotatable bonds is 2. The largest absolute Gasteiger partial charge is 0.478 e. The molecule has 0 aliphatic carbocycles. The van der Waals surface area contributed by atoms with Crippen molar-refractivity contribution in [2.75, 3.05) is 0 Å². The van der Waals surface area contributed by atoms with Crippen LogP contribution in [0.2, 0.25) is 0 Å². The number of aromatic nitrogens is 1. The summed E-state index contributed by atoms with van der Waals surface area (Å²) in [6.07, 6.45) is -0.980. The Kier molecular flexibility index (Phi) is 2.10. The van der Waals surface area contributed by atoms with Gasteiger partial charge in [0.25, 0.3) is 6.30 Å². The average molecular weight is 168 g/mol. The molecule has 12 heavy (non-hydrogen) atoms. The summed E-state index contributed by atoms with van der Waals surface area (Å²) >= 11 is 0. The highest BCUT2D eigenvalue weighted by atomic mass is 19.1. The third kappa shape index (κ3) is 1.27. The molecule has 1 unspecified atom stereocenters. The average Bonchev–Trinajstić information content (AvgIpc) is 2.49. The number of carboxylic acids is 1. The van der Waals surface area contributed by atoms with Crippen molar-refractivity contribution in [2.24, 2.45) is 0 Å². The molecule has 1 heterocycles. The minimum atomic E-state index is -2.19. The first-order chi connectivity index (χ1) is 5.66. The zero-order chi connectivity index (χ0) is 9.14. The van der Waals surface area contributed by atoms with E-state index >= 15 is 0 Å². The Morgan fingerprint density at radius 3 is 3.00 bits per heavy atom. The van der Waals surface area contributed by atoms with Crippen LogP contribution in [0.4, 0.5) is 4.39 Å². The topological polar surface area (TPSA) is 66.0 Å². The molecule has 1 N–H and O–H groups in total. The Hall–Kier alpha value is -1.83. The summed E-state index contributed by atoms with van der Waals surface area (Å²) < 4.78 is 13.5. The van der Waals surface area contributed by atoms with Crippen LogP contribution in [0.3, 0.4) is 0 Å². The molecule has 1 aromatic heterocycles. The predicted octanol–water partition coefficient (Wildman–Crippen LogP) is 0.912. The second-order valence-corrected chi connectivity index (χ2v) is 2.09. The number of halogens is 1. The summed E-state index contributed by atoms with van der Waals surface area (Å²) in [5.41, 5.74) is -0.00935. The number of alkyl halides is 1. The van der Waals surface area contributed by atoms with Crippen LogP contribution >= 0.6 is 0 Å². The Morgan fingerprint density at radius 2 is 2.50 bits per heavy atom. The molecule has 5 heteroatoms. The van der Waals surface area contributed by atoms with Gasteiger partial charge in [0.2, 0.25) is 0 Å². The first-order valence-corrected chi connectivity index (χ1v) is 3.10. The van der Waals surface area contributed by atoms with Crippen molar-refractivity contribution in [3.63, 3.8) is 0 Å². The monoisotopic (exact) mass is 168 g/mol. The smallest absolute Gasteiger partial charge is 0.359 e. The fourth-order valence-electron chi connectivity index (χ4n) is 0.805. The molecule has 62 valence electrons. The van der Waals surface area contributed by atoms with Gasteiger partial charge in [0, 0.05) is 6.20 Å². The van der Waals surface area contributed by atoms with Crippen LogP contribution in [0.5, 0.6) is 0 Å². The molecule has 0 fully saturated rings. The van der Waals surface area contributed by atoms with Crippen LogP contribution < -0.4 is 0 Å². The fraction of sp³-hybridized carbons (Fsp3) is 0.143. The normalized spacial score (nSPS) is 12.0. The van der Waals surface area contributed by atoms with E-state index in [2.05, 4.69) is 0 Å². The molecule has 0 spiro atoms. The van der Waals surface area contributed by atoms with Crippen molar-refractivity contribution >= 4 is 5.97 Å². The van der Waals surface area contributed by atoms with Gasteiger partial charge in [0.15, 0.2) is 0 Å². The fourth-order valence-corrected chi connectivity index (χ4v) is 0.805. The Morgan fingerprint density at radius 1 is 1.83 bits per heavy atom. The number of nitriles is 1. The van der Waals surface area contributed by atoms with Crippen LogP contribution in [0.1, 0.15) is 12.0 Å². The number of nitrogens with zero attached hydrogens (tertiary/aromatic N) is 2. The second kappa shape index (κ2) is 3.05. The van der Waals surface area contributed by atoms with E-state index in [1.807, 2.05) is 0 Å². The molecule has 1 aromatic rings. The van der Waals surface area contributed by atoms with Crippen molar-refractivity contribution < 1.29 is 14.3 Å². The van der Waals surface area contributed by atoms with Gasteiger partial charge in [-0.05, 0) is 12.1 Å². The highest BCUT2D eigenvalue weighted by Crippen LogP contribution is 2.12. The van der Waals surface area contributed by atoms with Gasteiger partial charge in [0.1, 0.15) is 11.8 Å². The first-order valence-electron chi connectivity index (χ1n) is 3.10. The number of hydrogen-bond acceptors (Lipinski definition) is 2. The lowest BCUT2D eigenvalue weighted by molar-refractivity contribution is -0.146. The molecular formula is C7H5FN2O2. The molecule has 0 saturated carbocycles. The van der Waals surface area contributed by atoms with Crippen LogP contribution in [0.15, 0.2) is 18.3 Å². The van der Waals surface area contributed by atoms with Crippen molar-refractivity contribution in [3.05, 3.63) is 24.0 Å². The first kappa shape index (κ1) is 8.27. The SMILES string of the molecule is N#Cc1cccn1C(F)C(=O)O. The third-order valence-corrected chi connectivity index (χ3v) is 1.34. The molecule has 1 rings (SSSR count). The predicted molar refractivity (Wildman–Crippen MR) is 36.9 cm³/mol.